The van der Waals surface area contributed by atoms with Crippen molar-refractivity contribution in [1.29, 1.82) is 0 Å². The van der Waals surface area contributed by atoms with Crippen LogP contribution in [0.5, 0.6) is 0 Å². The standard InChI is InChI=1S/C28H28Cl2N2O2S2/c1-27(2)12-16(32-26(34)24-22(30)18-9-5-7-11-20(18)36-24)13-28(3,14-27)15-31-25(33)23-21(29)17-8-4-6-10-19(17)35-23/h4-11,16H,12-15H2,1-3H3,(H,31,33)(H,32,34)/t16-,28+/m0/s1. The fourth-order valence-corrected chi connectivity index (χ4v) is 8.67. The van der Waals surface area contributed by atoms with E-state index in [4.69, 9.17) is 23.2 Å². The summed E-state index contributed by atoms with van der Waals surface area (Å²) >= 11 is 15.9. The molecule has 5 rings (SSSR count). The molecule has 0 spiro atoms. The number of hydrogen-bond donors (Lipinski definition) is 2. The highest BCUT2D eigenvalue weighted by molar-refractivity contribution is 7.22. The number of fused-ring (bicyclic) bond motifs is 2. The van der Waals surface area contributed by atoms with Crippen molar-refractivity contribution in [3.05, 3.63) is 68.3 Å². The molecule has 1 saturated carbocycles. The maximum absolute atomic E-state index is 13.2. The second-order valence-electron chi connectivity index (χ2n) is 10.9. The Kier molecular flexibility index (Phi) is 6.83. The van der Waals surface area contributed by atoms with Crippen LogP contribution in [0.3, 0.4) is 0 Å². The van der Waals surface area contributed by atoms with Crippen LogP contribution < -0.4 is 10.6 Å². The van der Waals surface area contributed by atoms with Crippen molar-refractivity contribution in [3.8, 4) is 0 Å². The monoisotopic (exact) mass is 558 g/mol. The van der Waals surface area contributed by atoms with Crippen LogP contribution in [0.2, 0.25) is 10.0 Å². The Bertz CT molecular complexity index is 1480. The van der Waals surface area contributed by atoms with Crippen LogP contribution in [0.25, 0.3) is 20.2 Å². The lowest BCUT2D eigenvalue weighted by atomic mass is 9.62. The van der Waals surface area contributed by atoms with Crippen LogP contribution in [-0.2, 0) is 0 Å². The van der Waals surface area contributed by atoms with E-state index in [1.807, 2.05) is 48.5 Å². The average molecular weight is 560 g/mol. The van der Waals surface area contributed by atoms with Crippen molar-refractivity contribution in [2.45, 2.75) is 46.1 Å². The number of thiophene rings is 2. The van der Waals surface area contributed by atoms with E-state index >= 15 is 0 Å². The van der Waals surface area contributed by atoms with E-state index in [2.05, 4.69) is 31.4 Å². The molecule has 2 aromatic carbocycles. The van der Waals surface area contributed by atoms with Crippen LogP contribution in [0.1, 0.15) is 59.4 Å². The molecule has 4 nitrogen and oxygen atoms in total. The zero-order chi connectivity index (χ0) is 25.7. The van der Waals surface area contributed by atoms with E-state index < -0.39 is 0 Å². The third-order valence-electron chi connectivity index (χ3n) is 6.94. The van der Waals surface area contributed by atoms with Gasteiger partial charge in [-0.05, 0) is 42.2 Å². The highest BCUT2D eigenvalue weighted by atomic mass is 35.5. The van der Waals surface area contributed by atoms with Crippen molar-refractivity contribution in [2.24, 2.45) is 10.8 Å². The van der Waals surface area contributed by atoms with Gasteiger partial charge in [-0.25, -0.2) is 0 Å². The van der Waals surface area contributed by atoms with E-state index in [-0.39, 0.29) is 28.7 Å². The van der Waals surface area contributed by atoms with E-state index in [1.54, 1.807) is 0 Å². The first-order valence-electron chi connectivity index (χ1n) is 12.0. The molecule has 2 atom stereocenters. The lowest BCUT2D eigenvalue weighted by Crippen LogP contribution is -2.50. The van der Waals surface area contributed by atoms with Gasteiger partial charge in [-0.3, -0.25) is 9.59 Å². The summed E-state index contributed by atoms with van der Waals surface area (Å²) in [6.07, 6.45) is 2.58. The molecule has 0 unspecified atom stereocenters. The third-order valence-corrected chi connectivity index (χ3v) is 10.3. The molecule has 2 heterocycles. The highest BCUT2D eigenvalue weighted by Gasteiger charge is 2.42. The molecule has 2 aromatic heterocycles. The van der Waals surface area contributed by atoms with Crippen LogP contribution in [0.15, 0.2) is 48.5 Å². The Morgan fingerprint density at radius 1 is 0.861 bits per heavy atom. The Balaban J connectivity index is 1.29. The van der Waals surface area contributed by atoms with E-state index in [0.29, 0.717) is 26.3 Å². The van der Waals surface area contributed by atoms with Gasteiger partial charge in [0.2, 0.25) is 0 Å². The summed E-state index contributed by atoms with van der Waals surface area (Å²) in [6.45, 7) is 7.14. The Labute approximate surface area is 229 Å². The fourth-order valence-electron chi connectivity index (χ4n) is 5.82. The molecule has 188 valence electrons. The third kappa shape index (κ3) is 5.01. The van der Waals surface area contributed by atoms with Gasteiger partial charge in [0.05, 0.1) is 10.0 Å². The van der Waals surface area contributed by atoms with Gasteiger partial charge in [-0.2, -0.15) is 0 Å². The molecule has 4 aromatic rings. The minimum atomic E-state index is -0.178. The van der Waals surface area contributed by atoms with Crippen LogP contribution >= 0.6 is 45.9 Å². The van der Waals surface area contributed by atoms with Crippen molar-refractivity contribution in [3.63, 3.8) is 0 Å². The molecule has 1 aliphatic rings. The number of hydrogen-bond acceptors (Lipinski definition) is 4. The van der Waals surface area contributed by atoms with Crippen LogP contribution in [0, 0.1) is 10.8 Å². The molecule has 1 aliphatic carbocycles. The summed E-state index contributed by atoms with van der Waals surface area (Å²) in [6, 6.07) is 15.6. The topological polar surface area (TPSA) is 58.2 Å². The molecule has 0 saturated heterocycles. The molecule has 1 fully saturated rings. The number of rotatable bonds is 5. The van der Waals surface area contributed by atoms with Gasteiger partial charge in [-0.1, -0.05) is 80.4 Å². The molecule has 0 bridgehead atoms. The number of halogens is 2. The summed E-state index contributed by atoms with van der Waals surface area (Å²) in [4.78, 5) is 27.4. The van der Waals surface area contributed by atoms with E-state index in [0.717, 1.165) is 39.4 Å². The largest absolute Gasteiger partial charge is 0.351 e. The number of carbonyl (C=O) groups excluding carboxylic acids is 2. The molecular formula is C28H28Cl2N2O2S2. The number of amides is 2. The highest BCUT2D eigenvalue weighted by Crippen LogP contribution is 2.46. The molecule has 0 radical (unpaired) electrons. The summed E-state index contributed by atoms with van der Waals surface area (Å²) in [7, 11) is 0. The van der Waals surface area contributed by atoms with Crippen molar-refractivity contribution < 1.29 is 9.59 Å². The molecule has 36 heavy (non-hydrogen) atoms. The van der Waals surface area contributed by atoms with Gasteiger partial charge in [0.25, 0.3) is 11.8 Å². The smallest absolute Gasteiger partial charge is 0.263 e. The molecule has 0 aliphatic heterocycles. The first-order valence-corrected chi connectivity index (χ1v) is 14.4. The SMILES string of the molecule is CC1(C)C[C@H](NC(=O)c2sc3ccccc3c2Cl)C[C@@](C)(CNC(=O)c2sc3ccccc3c2Cl)C1. The van der Waals surface area contributed by atoms with Crippen LogP contribution in [0.4, 0.5) is 0 Å². The molecule has 2 amide bonds. The Morgan fingerprint density at radius 2 is 1.39 bits per heavy atom. The van der Waals surface area contributed by atoms with E-state index in [9.17, 15) is 9.59 Å². The summed E-state index contributed by atoms with van der Waals surface area (Å²) in [5.74, 6) is -0.282. The van der Waals surface area contributed by atoms with Crippen LogP contribution in [-0.4, -0.2) is 24.4 Å². The number of nitrogens with one attached hydrogen (secondary N) is 2. The fraction of sp³-hybridized carbons (Fsp3) is 0.357. The first kappa shape index (κ1) is 25.5. The van der Waals surface area contributed by atoms with Gasteiger partial charge < -0.3 is 10.6 Å². The maximum Gasteiger partial charge on any atom is 0.263 e. The zero-order valence-corrected chi connectivity index (χ0v) is 23.6. The quantitative estimate of drug-likeness (QED) is 0.259. The average Bonchev–Trinajstić information content (AvgIpc) is 3.34. The van der Waals surface area contributed by atoms with Crippen molar-refractivity contribution in [2.75, 3.05) is 6.54 Å². The predicted octanol–water partition coefficient (Wildman–Crippen LogP) is 8.17. The summed E-state index contributed by atoms with van der Waals surface area (Å²) < 4.78 is 2.00. The van der Waals surface area contributed by atoms with E-state index in [1.165, 1.54) is 22.7 Å². The van der Waals surface area contributed by atoms with Gasteiger partial charge >= 0.3 is 0 Å². The zero-order valence-electron chi connectivity index (χ0n) is 20.4. The minimum absolute atomic E-state index is 0.00882. The second-order valence-corrected chi connectivity index (χ2v) is 13.8. The van der Waals surface area contributed by atoms with Gasteiger partial charge in [0.15, 0.2) is 0 Å². The maximum atomic E-state index is 13.2. The van der Waals surface area contributed by atoms with Crippen molar-refractivity contribution in [1.82, 2.24) is 10.6 Å². The molecular weight excluding hydrogens is 531 g/mol. The molecule has 8 heteroatoms. The first-order chi connectivity index (χ1) is 17.1. The van der Waals surface area contributed by atoms with Gasteiger partial charge in [-0.15, -0.1) is 22.7 Å². The lowest BCUT2D eigenvalue weighted by molar-refractivity contribution is 0.0594. The Hall–Kier alpha value is -2.12. The van der Waals surface area contributed by atoms with Gasteiger partial charge in [0, 0.05) is 32.8 Å². The minimum Gasteiger partial charge on any atom is -0.351 e. The lowest BCUT2D eigenvalue weighted by Gasteiger charge is -2.47. The number of carbonyl (C=O) groups is 2. The normalized spacial score (nSPS) is 21.5. The predicted molar refractivity (Wildman–Crippen MR) is 153 cm³/mol. The summed E-state index contributed by atoms with van der Waals surface area (Å²) in [5.41, 5.74) is -0.169. The summed E-state index contributed by atoms with van der Waals surface area (Å²) in [5, 5.41) is 9.22. The van der Waals surface area contributed by atoms with Crippen molar-refractivity contribution >= 4 is 77.9 Å². The second kappa shape index (κ2) is 9.64. The molecule has 2 N–H and O–H groups in total. The number of benzene rings is 2. The van der Waals surface area contributed by atoms with Gasteiger partial charge in [0.1, 0.15) is 9.75 Å². The Morgan fingerprint density at radius 3 is 1.94 bits per heavy atom.